The number of nitrogens with one attached hydrogen (secondary N) is 8. The van der Waals surface area contributed by atoms with E-state index in [0.717, 1.165) is 44.3 Å². The van der Waals surface area contributed by atoms with E-state index in [-0.39, 0.29) is 45.8 Å². The maximum absolute atomic E-state index is 9.04. The third-order valence-electron chi connectivity index (χ3n) is 10.6. The molecule has 0 spiro atoms. The van der Waals surface area contributed by atoms with Crippen LogP contribution in [0, 0.1) is 11.8 Å². The zero-order valence-electron chi connectivity index (χ0n) is 55.6. The van der Waals surface area contributed by atoms with Gasteiger partial charge in [0.25, 0.3) is 0 Å². The Kier molecular flexibility index (Phi) is 94.8. The summed E-state index contributed by atoms with van der Waals surface area (Å²) in [6.07, 6.45) is 9.90. The molecule has 488 valence electrons. The van der Waals surface area contributed by atoms with Crippen LogP contribution in [0.4, 0.5) is 0 Å². The average Bonchev–Trinajstić information content (AvgIpc) is 3.85. The van der Waals surface area contributed by atoms with Crippen LogP contribution >= 0.6 is 0 Å². The van der Waals surface area contributed by atoms with Crippen molar-refractivity contribution >= 4 is 0 Å². The molecule has 0 aromatic heterocycles. The van der Waals surface area contributed by atoms with E-state index in [9.17, 15) is 0 Å². The molecule has 0 aliphatic heterocycles. The second-order valence-electron chi connectivity index (χ2n) is 23.7. The Balaban J connectivity index is -0.0000000832. The highest BCUT2D eigenvalue weighted by Gasteiger charge is 2.14. The zero-order chi connectivity index (χ0) is 61.2. The first-order valence-corrected chi connectivity index (χ1v) is 30.7. The molecule has 1 fully saturated rings. The van der Waals surface area contributed by atoms with Crippen molar-refractivity contribution in [3.05, 3.63) is 0 Å². The fourth-order valence-corrected chi connectivity index (χ4v) is 6.24. The number of hydrogen-bond donors (Lipinski definition) is 16. The van der Waals surface area contributed by atoms with Crippen LogP contribution in [-0.2, 0) is 0 Å². The Labute approximate surface area is 491 Å². The lowest BCUT2D eigenvalue weighted by Crippen LogP contribution is -2.45. The van der Waals surface area contributed by atoms with Crippen molar-refractivity contribution in [3.8, 4) is 0 Å². The van der Waals surface area contributed by atoms with Crippen LogP contribution < -0.4 is 65.5 Å². The van der Waals surface area contributed by atoms with Gasteiger partial charge in [-0.2, -0.15) is 0 Å². The van der Waals surface area contributed by atoms with E-state index in [1.807, 2.05) is 20.8 Å². The van der Waals surface area contributed by atoms with E-state index in [1.165, 1.54) is 38.5 Å². The normalized spacial score (nSPS) is 13.8. The highest BCUT2D eigenvalue weighted by Crippen LogP contribution is 2.17. The quantitative estimate of drug-likeness (QED) is 0.0321. The lowest BCUT2D eigenvalue weighted by Gasteiger charge is -2.16. The minimum atomic E-state index is -0.396. The topological polar surface area (TPSA) is 281 Å². The standard InChI is InChI=1S/C8H17N.2C7H17NO.2C7H17N.C6H17N3.C6H16N2O.C6H15NO.C6H15N.2CH4/c1-7(2)9-8-5-3-4-6-8;1-4-7(5-9)8-6(2)3;1-4-7(9)5-8-6(2)3;1-6(2)5-8-7(3)4;1-5-7(4)8-6(2)3;1-5(2)9-6(3-7)4-8;1-5(2)8-4-6(9)3-7;1-5(2)3-6(8)4-7;1-4-5-7-6(2)3;;/h7-9H,3-6H2,1-2H3;2*6-9H,4-5H2,1-3H3;2*6-8H,5H2,1-4H3;5-6,9H,3-4,7-8H2,1-2H3;5-6,8-9H,3-4,7H2,1-2H3;5-6,8H,3-4,7H2,1-2H3;6-7H,4-5H2,1-3H3;2*1H4/t;2*7-;;7-;;2*6-;;;/m.10.1.10.../s1. The van der Waals surface area contributed by atoms with E-state index in [2.05, 4.69) is 195 Å². The Morgan fingerprint density at radius 3 is 0.987 bits per heavy atom. The van der Waals surface area contributed by atoms with Gasteiger partial charge in [0.1, 0.15) is 0 Å². The minimum absolute atomic E-state index is 0. The molecule has 16 nitrogen and oxygen atoms in total. The molecule has 1 aliphatic rings. The fraction of sp³-hybridized carbons (Fsp3) is 1.00. The Morgan fingerprint density at radius 1 is 0.410 bits per heavy atom. The van der Waals surface area contributed by atoms with Gasteiger partial charge in [-0.1, -0.05) is 194 Å². The maximum Gasteiger partial charge on any atom is 0.0786 e. The molecule has 0 heterocycles. The van der Waals surface area contributed by atoms with E-state index < -0.39 is 6.10 Å². The van der Waals surface area contributed by atoms with E-state index in [4.69, 9.17) is 43.4 Å². The Bertz CT molecular complexity index is 930. The third kappa shape index (κ3) is 111. The highest BCUT2D eigenvalue weighted by molar-refractivity contribution is 4.75. The van der Waals surface area contributed by atoms with Crippen LogP contribution in [-0.4, -0.2) is 170 Å². The largest absolute Gasteiger partial charge is 0.395 e. The molecule has 0 bridgehead atoms. The molecular formula is C62H156N12O4. The molecule has 1 saturated carbocycles. The van der Waals surface area contributed by atoms with Crippen molar-refractivity contribution in [3.63, 3.8) is 0 Å². The summed E-state index contributed by atoms with van der Waals surface area (Å²) in [4.78, 5) is 0. The van der Waals surface area contributed by atoms with Gasteiger partial charge >= 0.3 is 0 Å². The van der Waals surface area contributed by atoms with E-state index >= 15 is 0 Å². The van der Waals surface area contributed by atoms with Gasteiger partial charge in [0, 0.05) is 112 Å². The molecule has 0 radical (unpaired) electrons. The minimum Gasteiger partial charge on any atom is -0.395 e. The number of nitrogens with two attached hydrogens (primary N) is 4. The second-order valence-corrected chi connectivity index (χ2v) is 23.7. The van der Waals surface area contributed by atoms with Gasteiger partial charge in [-0.25, -0.2) is 0 Å². The predicted molar refractivity (Wildman–Crippen MR) is 355 cm³/mol. The fourth-order valence-electron chi connectivity index (χ4n) is 6.24. The van der Waals surface area contributed by atoms with Gasteiger partial charge in [-0.3, -0.25) is 0 Å². The lowest BCUT2D eigenvalue weighted by molar-refractivity contribution is 0.157. The van der Waals surface area contributed by atoms with Crippen molar-refractivity contribution in [2.24, 2.45) is 34.8 Å². The van der Waals surface area contributed by atoms with Crippen LogP contribution in [0.1, 0.15) is 246 Å². The number of aliphatic hydroxyl groups excluding tert-OH is 4. The predicted octanol–water partition coefficient (Wildman–Crippen LogP) is 8.45. The molecule has 0 saturated heterocycles. The molecule has 1 rings (SSSR count). The SMILES string of the molecule is C.C.CC(C)CNC(C)C.CC(C)C[C@H](O)CN.CC(C)NC(CN)CN.CC(C)NC1CCCC1.CC(C)NC[C@H](O)CN.CCCNC(C)C.CC[C@@H](C)NC(C)C.CC[C@H](CO)NC(C)C.CC[C@H](O)CNC(C)C. The van der Waals surface area contributed by atoms with Gasteiger partial charge in [0.15, 0.2) is 0 Å². The van der Waals surface area contributed by atoms with Crippen molar-refractivity contribution in [1.82, 2.24) is 42.5 Å². The van der Waals surface area contributed by atoms with Crippen molar-refractivity contribution in [1.29, 1.82) is 0 Å². The number of aliphatic hydroxyl groups is 4. The summed E-state index contributed by atoms with van der Waals surface area (Å²) in [5, 5.41) is 61.8. The molecule has 5 atom stereocenters. The van der Waals surface area contributed by atoms with Gasteiger partial charge in [0.05, 0.1) is 24.9 Å². The Morgan fingerprint density at radius 2 is 0.795 bits per heavy atom. The van der Waals surface area contributed by atoms with Gasteiger partial charge in [-0.15, -0.1) is 0 Å². The van der Waals surface area contributed by atoms with Gasteiger partial charge < -0.3 is 85.9 Å². The first kappa shape index (κ1) is 99.4. The second kappa shape index (κ2) is 74.4. The molecule has 78 heavy (non-hydrogen) atoms. The molecule has 0 unspecified atom stereocenters. The molecule has 0 aromatic rings. The molecule has 1 aliphatic carbocycles. The van der Waals surface area contributed by atoms with Crippen LogP contribution in [0.25, 0.3) is 0 Å². The van der Waals surface area contributed by atoms with Crippen molar-refractivity contribution in [2.75, 3.05) is 59.0 Å². The summed E-state index contributed by atoms with van der Waals surface area (Å²) in [6, 6.07) is 6.52. The van der Waals surface area contributed by atoms with Gasteiger partial charge in [0.2, 0.25) is 0 Å². The highest BCUT2D eigenvalue weighted by atomic mass is 16.3. The number of hydrogen-bond acceptors (Lipinski definition) is 16. The Hall–Kier alpha value is -0.640. The molecule has 16 heteroatoms. The summed E-state index contributed by atoms with van der Waals surface area (Å²) in [5.41, 5.74) is 21.1. The summed E-state index contributed by atoms with van der Waals surface area (Å²) in [7, 11) is 0. The molecule has 20 N–H and O–H groups in total. The van der Waals surface area contributed by atoms with Crippen molar-refractivity contribution in [2.45, 2.75) is 337 Å². The summed E-state index contributed by atoms with van der Waals surface area (Å²) >= 11 is 0. The maximum atomic E-state index is 9.04. The van der Waals surface area contributed by atoms with Crippen molar-refractivity contribution < 1.29 is 20.4 Å². The zero-order valence-corrected chi connectivity index (χ0v) is 55.6. The lowest BCUT2D eigenvalue weighted by atomic mass is 10.1. The van der Waals surface area contributed by atoms with Crippen LogP contribution in [0.5, 0.6) is 0 Å². The molecule has 0 aromatic carbocycles. The number of rotatable bonds is 30. The van der Waals surface area contributed by atoms with Crippen LogP contribution in [0.2, 0.25) is 0 Å². The van der Waals surface area contributed by atoms with Crippen LogP contribution in [0.15, 0.2) is 0 Å². The first-order chi connectivity index (χ1) is 35.2. The summed E-state index contributed by atoms with van der Waals surface area (Å²) in [5.74, 6) is 1.32. The third-order valence-corrected chi connectivity index (χ3v) is 10.6. The summed E-state index contributed by atoms with van der Waals surface area (Å²) < 4.78 is 0. The average molecular weight is 1130 g/mol. The van der Waals surface area contributed by atoms with Gasteiger partial charge in [-0.05, 0) is 76.8 Å². The molecule has 0 amide bonds. The van der Waals surface area contributed by atoms with E-state index in [0.29, 0.717) is 99.6 Å². The van der Waals surface area contributed by atoms with E-state index in [1.54, 1.807) is 0 Å². The smallest absolute Gasteiger partial charge is 0.0786 e. The first-order valence-electron chi connectivity index (χ1n) is 30.7. The monoisotopic (exact) mass is 1130 g/mol. The summed E-state index contributed by atoms with van der Waals surface area (Å²) in [6.45, 7) is 59.0. The molecular weight excluding hydrogens is 977 g/mol. The van der Waals surface area contributed by atoms with Crippen LogP contribution in [0.3, 0.4) is 0 Å².